The van der Waals surface area contributed by atoms with Gasteiger partial charge in [-0.1, -0.05) is 48.0 Å². The van der Waals surface area contributed by atoms with Crippen molar-refractivity contribution in [2.24, 2.45) is 7.05 Å². The fourth-order valence-corrected chi connectivity index (χ4v) is 2.99. The molecule has 112 valence electrons. The van der Waals surface area contributed by atoms with E-state index in [0.717, 1.165) is 21.9 Å². The Bertz CT molecular complexity index is 932. The Morgan fingerprint density at radius 3 is 2.59 bits per heavy atom. The lowest BCUT2D eigenvalue weighted by atomic mass is 9.94. The Hall–Kier alpha value is -2.33. The van der Waals surface area contributed by atoms with E-state index in [4.69, 9.17) is 16.3 Å². The topological polar surface area (TPSA) is 44.1 Å². The van der Waals surface area contributed by atoms with Crippen molar-refractivity contribution in [1.29, 1.82) is 0 Å². The zero-order chi connectivity index (χ0) is 15.9. The molecule has 1 aromatic heterocycles. The molecule has 0 atom stereocenters. The summed E-state index contributed by atoms with van der Waals surface area (Å²) in [6, 6.07) is 11.9. The molecule has 5 heteroatoms. The summed E-state index contributed by atoms with van der Waals surface area (Å²) in [5.41, 5.74) is 2.02. The van der Waals surface area contributed by atoms with Crippen molar-refractivity contribution >= 4 is 22.4 Å². The lowest BCUT2D eigenvalue weighted by Gasteiger charge is -2.15. The average Bonchev–Trinajstić information content (AvgIpc) is 2.51. The SMILES string of the molecule is COc1c(Cl)nn(C)c(=O)c1-c1c(C)ccc2ccccc12. The third-order valence-electron chi connectivity index (χ3n) is 3.75. The lowest BCUT2D eigenvalue weighted by Crippen LogP contribution is -2.22. The smallest absolute Gasteiger partial charge is 0.278 e. The summed E-state index contributed by atoms with van der Waals surface area (Å²) in [6.45, 7) is 1.97. The van der Waals surface area contributed by atoms with Crippen molar-refractivity contribution in [2.45, 2.75) is 6.92 Å². The summed E-state index contributed by atoms with van der Waals surface area (Å²) in [5, 5.41) is 6.20. The number of halogens is 1. The van der Waals surface area contributed by atoms with E-state index < -0.39 is 0 Å². The molecule has 0 saturated heterocycles. The van der Waals surface area contributed by atoms with E-state index in [0.29, 0.717) is 11.3 Å². The number of aryl methyl sites for hydroxylation is 2. The summed E-state index contributed by atoms with van der Waals surface area (Å²) >= 11 is 6.16. The van der Waals surface area contributed by atoms with E-state index in [9.17, 15) is 4.79 Å². The highest BCUT2D eigenvalue weighted by molar-refractivity contribution is 6.31. The van der Waals surface area contributed by atoms with Gasteiger partial charge in [-0.2, -0.15) is 5.10 Å². The van der Waals surface area contributed by atoms with Crippen LogP contribution in [0.2, 0.25) is 5.15 Å². The summed E-state index contributed by atoms with van der Waals surface area (Å²) in [4.78, 5) is 12.7. The predicted molar refractivity (Wildman–Crippen MR) is 88.7 cm³/mol. The Labute approximate surface area is 132 Å². The van der Waals surface area contributed by atoms with Crippen LogP contribution in [0.15, 0.2) is 41.2 Å². The number of hydrogen-bond donors (Lipinski definition) is 0. The zero-order valence-corrected chi connectivity index (χ0v) is 13.3. The van der Waals surface area contributed by atoms with Crippen LogP contribution in [-0.4, -0.2) is 16.9 Å². The Morgan fingerprint density at radius 2 is 1.86 bits per heavy atom. The molecule has 0 saturated carbocycles. The van der Waals surface area contributed by atoms with Gasteiger partial charge in [0.05, 0.1) is 12.7 Å². The Kier molecular flexibility index (Phi) is 3.62. The summed E-state index contributed by atoms with van der Waals surface area (Å²) < 4.78 is 6.60. The molecule has 0 aliphatic carbocycles. The minimum absolute atomic E-state index is 0.173. The number of hydrogen-bond acceptors (Lipinski definition) is 3. The fourth-order valence-electron chi connectivity index (χ4n) is 2.70. The highest BCUT2D eigenvalue weighted by Crippen LogP contribution is 2.37. The minimum atomic E-state index is -0.235. The molecule has 0 fully saturated rings. The Morgan fingerprint density at radius 1 is 1.14 bits per heavy atom. The summed E-state index contributed by atoms with van der Waals surface area (Å²) in [6.07, 6.45) is 0. The first kappa shape index (κ1) is 14.6. The third-order valence-corrected chi connectivity index (χ3v) is 4.00. The molecular formula is C17H15ClN2O2. The summed E-state index contributed by atoms with van der Waals surface area (Å²) in [7, 11) is 3.07. The van der Waals surface area contributed by atoms with Gasteiger partial charge in [0.1, 0.15) is 0 Å². The van der Waals surface area contributed by atoms with Crippen molar-refractivity contribution in [1.82, 2.24) is 9.78 Å². The van der Waals surface area contributed by atoms with Gasteiger partial charge in [0.2, 0.25) is 0 Å². The molecule has 0 radical (unpaired) electrons. The molecule has 1 heterocycles. The molecular weight excluding hydrogens is 300 g/mol. The van der Waals surface area contributed by atoms with Crippen LogP contribution in [0.3, 0.4) is 0 Å². The van der Waals surface area contributed by atoms with Gasteiger partial charge >= 0.3 is 0 Å². The molecule has 0 amide bonds. The van der Waals surface area contributed by atoms with Crippen molar-refractivity contribution < 1.29 is 4.74 Å². The van der Waals surface area contributed by atoms with Crippen molar-refractivity contribution in [2.75, 3.05) is 7.11 Å². The number of aromatic nitrogens is 2. The number of nitrogens with zero attached hydrogens (tertiary/aromatic N) is 2. The number of methoxy groups -OCH3 is 1. The standard InChI is InChI=1S/C17H15ClN2O2/c1-10-8-9-11-6-4-5-7-12(11)13(10)14-15(22-3)16(18)19-20(2)17(14)21/h4-9H,1-3H3. The largest absolute Gasteiger partial charge is 0.493 e. The maximum absolute atomic E-state index is 12.7. The van der Waals surface area contributed by atoms with Crippen molar-refractivity contribution in [3.8, 4) is 16.9 Å². The van der Waals surface area contributed by atoms with E-state index in [1.54, 1.807) is 7.05 Å². The first-order valence-electron chi connectivity index (χ1n) is 6.84. The average molecular weight is 315 g/mol. The monoisotopic (exact) mass is 314 g/mol. The highest BCUT2D eigenvalue weighted by Gasteiger charge is 2.21. The van der Waals surface area contributed by atoms with E-state index in [1.807, 2.05) is 43.3 Å². The van der Waals surface area contributed by atoms with Crippen LogP contribution in [0.1, 0.15) is 5.56 Å². The van der Waals surface area contributed by atoms with Gasteiger partial charge < -0.3 is 4.74 Å². The molecule has 3 rings (SSSR count). The molecule has 22 heavy (non-hydrogen) atoms. The number of fused-ring (bicyclic) bond motifs is 1. The molecule has 0 unspecified atom stereocenters. The van der Waals surface area contributed by atoms with E-state index in [2.05, 4.69) is 5.10 Å². The predicted octanol–water partition coefficient (Wildman–Crippen LogP) is 3.57. The summed E-state index contributed by atoms with van der Waals surface area (Å²) in [5.74, 6) is 0.309. The van der Waals surface area contributed by atoms with Gasteiger partial charge in [-0.25, -0.2) is 4.68 Å². The van der Waals surface area contributed by atoms with Crippen LogP contribution in [-0.2, 0) is 7.05 Å². The second-order valence-electron chi connectivity index (χ2n) is 5.11. The van der Waals surface area contributed by atoms with E-state index in [-0.39, 0.29) is 10.7 Å². The Balaban J connectivity index is 2.53. The van der Waals surface area contributed by atoms with Crippen LogP contribution >= 0.6 is 11.6 Å². The van der Waals surface area contributed by atoms with Gasteiger partial charge in [0.15, 0.2) is 10.9 Å². The quantitative estimate of drug-likeness (QED) is 0.726. The minimum Gasteiger partial charge on any atom is -0.493 e. The van der Waals surface area contributed by atoms with Crippen LogP contribution in [0, 0.1) is 6.92 Å². The van der Waals surface area contributed by atoms with Crippen LogP contribution in [0.5, 0.6) is 5.75 Å². The molecule has 0 aliphatic rings. The van der Waals surface area contributed by atoms with Gasteiger partial charge in [-0.15, -0.1) is 0 Å². The maximum Gasteiger partial charge on any atom is 0.278 e. The molecule has 4 nitrogen and oxygen atoms in total. The van der Waals surface area contributed by atoms with Gasteiger partial charge in [0, 0.05) is 12.6 Å². The lowest BCUT2D eigenvalue weighted by molar-refractivity contribution is 0.410. The molecule has 0 N–H and O–H groups in total. The van der Waals surface area contributed by atoms with Gasteiger partial charge in [-0.05, 0) is 23.3 Å². The number of ether oxygens (including phenoxy) is 1. The van der Waals surface area contributed by atoms with Crippen molar-refractivity contribution in [3.05, 3.63) is 57.5 Å². The zero-order valence-electron chi connectivity index (χ0n) is 12.6. The van der Waals surface area contributed by atoms with Crippen LogP contribution < -0.4 is 10.3 Å². The molecule has 0 aliphatic heterocycles. The van der Waals surface area contributed by atoms with Crippen LogP contribution in [0.4, 0.5) is 0 Å². The third kappa shape index (κ3) is 2.16. The normalized spacial score (nSPS) is 10.9. The molecule has 3 aromatic rings. The first-order valence-corrected chi connectivity index (χ1v) is 7.22. The molecule has 0 bridgehead atoms. The maximum atomic E-state index is 12.7. The number of rotatable bonds is 2. The van der Waals surface area contributed by atoms with E-state index in [1.165, 1.54) is 11.8 Å². The van der Waals surface area contributed by atoms with Gasteiger partial charge in [-0.3, -0.25) is 4.79 Å². The second kappa shape index (κ2) is 5.46. The molecule has 0 spiro atoms. The first-order chi connectivity index (χ1) is 10.5. The fraction of sp³-hybridized carbons (Fsp3) is 0.176. The van der Waals surface area contributed by atoms with Gasteiger partial charge in [0.25, 0.3) is 5.56 Å². The number of benzene rings is 2. The second-order valence-corrected chi connectivity index (χ2v) is 5.46. The highest BCUT2D eigenvalue weighted by atomic mass is 35.5. The van der Waals surface area contributed by atoms with Crippen molar-refractivity contribution in [3.63, 3.8) is 0 Å². The molecule has 2 aromatic carbocycles. The van der Waals surface area contributed by atoms with E-state index >= 15 is 0 Å². The van der Waals surface area contributed by atoms with Crippen LogP contribution in [0.25, 0.3) is 21.9 Å².